The van der Waals surface area contributed by atoms with Gasteiger partial charge in [0, 0.05) is 34.5 Å². The normalized spacial score (nSPS) is 19.0. The average Bonchev–Trinajstić information content (AvgIpc) is 2.94. The molecule has 2 nitrogen and oxygen atoms in total. The molecule has 5 heteroatoms. The molecule has 0 aliphatic carbocycles. The zero-order chi connectivity index (χ0) is 15.5. The Morgan fingerprint density at radius 1 is 1.32 bits per heavy atom. The van der Waals surface area contributed by atoms with E-state index in [0.29, 0.717) is 16.4 Å². The highest BCUT2D eigenvalue weighted by Gasteiger charge is 2.23. The first-order chi connectivity index (χ1) is 10.6. The number of carbonyl (C=O) groups excluding carboxylic acids is 1. The fourth-order valence-corrected chi connectivity index (χ4v) is 4.82. The average molecular weight is 335 g/mol. The van der Waals surface area contributed by atoms with Gasteiger partial charge in [-0.15, -0.1) is 11.3 Å². The lowest BCUT2D eigenvalue weighted by molar-refractivity contribution is 0.0766. The summed E-state index contributed by atoms with van der Waals surface area (Å²) in [5.41, 5.74) is 1.02. The minimum Gasteiger partial charge on any atom is -0.338 e. The van der Waals surface area contributed by atoms with Crippen molar-refractivity contribution in [2.45, 2.75) is 18.6 Å². The summed E-state index contributed by atoms with van der Waals surface area (Å²) in [6.45, 7) is 3.16. The lowest BCUT2D eigenvalue weighted by atomic mass is 10.1. The molecule has 1 aromatic heterocycles. The van der Waals surface area contributed by atoms with Gasteiger partial charge in [-0.25, -0.2) is 4.39 Å². The SMILES string of the molecule is Cc1ccc(C(=O)N2CCSC(c3cccs3)CC2)cc1F. The van der Waals surface area contributed by atoms with E-state index in [2.05, 4.69) is 17.5 Å². The number of hydrogen-bond donors (Lipinski definition) is 0. The number of halogens is 1. The van der Waals surface area contributed by atoms with Crippen LogP contribution >= 0.6 is 23.1 Å². The summed E-state index contributed by atoms with van der Waals surface area (Å²) in [5.74, 6) is 0.542. The fourth-order valence-electron chi connectivity index (χ4n) is 2.58. The molecule has 22 heavy (non-hydrogen) atoms. The Balaban J connectivity index is 1.70. The van der Waals surface area contributed by atoms with Crippen LogP contribution in [0.2, 0.25) is 0 Å². The summed E-state index contributed by atoms with van der Waals surface area (Å²) in [4.78, 5) is 15.8. The maximum absolute atomic E-state index is 13.7. The summed E-state index contributed by atoms with van der Waals surface area (Å²) in [6, 6.07) is 8.98. The van der Waals surface area contributed by atoms with Crippen LogP contribution in [0.15, 0.2) is 35.7 Å². The van der Waals surface area contributed by atoms with Crippen molar-refractivity contribution in [3.63, 3.8) is 0 Å². The van der Waals surface area contributed by atoms with Crippen molar-refractivity contribution in [1.29, 1.82) is 0 Å². The van der Waals surface area contributed by atoms with Gasteiger partial charge in [0.15, 0.2) is 0 Å². The molecule has 1 aliphatic rings. The van der Waals surface area contributed by atoms with Crippen LogP contribution in [-0.2, 0) is 0 Å². The van der Waals surface area contributed by atoms with Crippen LogP contribution in [-0.4, -0.2) is 29.6 Å². The van der Waals surface area contributed by atoms with E-state index in [1.54, 1.807) is 30.4 Å². The number of aryl methyl sites for hydroxylation is 1. The molecule has 0 saturated carbocycles. The van der Waals surface area contributed by atoms with Gasteiger partial charge in [-0.1, -0.05) is 12.1 Å². The van der Waals surface area contributed by atoms with Gasteiger partial charge in [0.1, 0.15) is 5.82 Å². The third-order valence-electron chi connectivity index (χ3n) is 3.91. The Labute approximate surface area is 138 Å². The van der Waals surface area contributed by atoms with Crippen molar-refractivity contribution in [2.24, 2.45) is 0 Å². The highest BCUT2D eigenvalue weighted by Crippen LogP contribution is 2.36. The molecule has 3 rings (SSSR count). The Morgan fingerprint density at radius 3 is 2.91 bits per heavy atom. The van der Waals surface area contributed by atoms with E-state index in [1.807, 2.05) is 16.7 Å². The maximum Gasteiger partial charge on any atom is 0.253 e. The predicted octanol–water partition coefficient (Wildman–Crippen LogP) is 4.52. The standard InChI is InChI=1S/C17H18FNOS2/c1-12-4-5-13(11-14(12)18)17(20)19-7-6-16(22-10-8-19)15-3-2-9-21-15/h2-5,9,11,16H,6-8,10H2,1H3. The first-order valence-corrected chi connectivity index (χ1v) is 9.28. The van der Waals surface area contributed by atoms with Crippen LogP contribution in [0.4, 0.5) is 4.39 Å². The van der Waals surface area contributed by atoms with Crippen molar-refractivity contribution in [2.75, 3.05) is 18.8 Å². The molecule has 1 fully saturated rings. The third-order valence-corrected chi connectivity index (χ3v) is 6.35. The largest absolute Gasteiger partial charge is 0.338 e. The number of amides is 1. The first kappa shape index (κ1) is 15.6. The lowest BCUT2D eigenvalue weighted by Gasteiger charge is -2.20. The van der Waals surface area contributed by atoms with Gasteiger partial charge in [0.05, 0.1) is 0 Å². The molecular weight excluding hydrogens is 317 g/mol. The van der Waals surface area contributed by atoms with Crippen LogP contribution < -0.4 is 0 Å². The highest BCUT2D eigenvalue weighted by atomic mass is 32.2. The van der Waals surface area contributed by atoms with E-state index < -0.39 is 0 Å². The van der Waals surface area contributed by atoms with E-state index in [9.17, 15) is 9.18 Å². The summed E-state index contributed by atoms with van der Waals surface area (Å²) < 4.78 is 13.7. The summed E-state index contributed by atoms with van der Waals surface area (Å²) in [7, 11) is 0. The zero-order valence-electron chi connectivity index (χ0n) is 12.4. The molecule has 2 aromatic rings. The van der Waals surface area contributed by atoms with Crippen molar-refractivity contribution in [3.05, 3.63) is 57.5 Å². The van der Waals surface area contributed by atoms with E-state index in [4.69, 9.17) is 0 Å². The van der Waals surface area contributed by atoms with E-state index in [-0.39, 0.29) is 11.7 Å². The molecule has 2 heterocycles. The molecule has 1 saturated heterocycles. The van der Waals surface area contributed by atoms with Crippen LogP contribution in [0.5, 0.6) is 0 Å². The highest BCUT2D eigenvalue weighted by molar-refractivity contribution is 7.99. The van der Waals surface area contributed by atoms with Crippen LogP contribution in [0.25, 0.3) is 0 Å². The summed E-state index contributed by atoms with van der Waals surface area (Å²) >= 11 is 3.68. The van der Waals surface area contributed by atoms with Crippen molar-refractivity contribution in [1.82, 2.24) is 4.90 Å². The van der Waals surface area contributed by atoms with Gasteiger partial charge in [0.25, 0.3) is 5.91 Å². The second-order valence-corrected chi connectivity index (χ2v) is 7.71. The van der Waals surface area contributed by atoms with Gasteiger partial charge in [-0.05, 0) is 42.5 Å². The summed E-state index contributed by atoms with van der Waals surface area (Å²) in [6.07, 6.45) is 0.950. The van der Waals surface area contributed by atoms with E-state index in [0.717, 1.165) is 25.3 Å². The second-order valence-electron chi connectivity index (χ2n) is 5.42. The smallest absolute Gasteiger partial charge is 0.253 e. The molecule has 116 valence electrons. The number of nitrogens with zero attached hydrogens (tertiary/aromatic N) is 1. The van der Waals surface area contributed by atoms with E-state index in [1.165, 1.54) is 10.9 Å². The van der Waals surface area contributed by atoms with Crippen LogP contribution in [0.3, 0.4) is 0 Å². The van der Waals surface area contributed by atoms with Crippen molar-refractivity contribution in [3.8, 4) is 0 Å². The third kappa shape index (κ3) is 3.36. The van der Waals surface area contributed by atoms with E-state index >= 15 is 0 Å². The molecule has 0 radical (unpaired) electrons. The van der Waals surface area contributed by atoms with Gasteiger partial charge < -0.3 is 4.90 Å². The minimum absolute atomic E-state index is 0.0636. The topological polar surface area (TPSA) is 20.3 Å². The molecular formula is C17H18FNOS2. The molecule has 1 atom stereocenters. The molecule has 0 bridgehead atoms. The molecule has 1 aliphatic heterocycles. The number of carbonyl (C=O) groups is 1. The number of hydrogen-bond acceptors (Lipinski definition) is 3. The molecule has 0 N–H and O–H groups in total. The molecule has 0 spiro atoms. The monoisotopic (exact) mass is 335 g/mol. The first-order valence-electron chi connectivity index (χ1n) is 7.35. The Kier molecular flexibility index (Phi) is 4.84. The van der Waals surface area contributed by atoms with Crippen LogP contribution in [0.1, 0.15) is 32.5 Å². The maximum atomic E-state index is 13.7. The van der Waals surface area contributed by atoms with Gasteiger partial charge in [-0.3, -0.25) is 4.79 Å². The van der Waals surface area contributed by atoms with Crippen LogP contribution in [0, 0.1) is 12.7 Å². The quantitative estimate of drug-likeness (QED) is 0.804. The Bertz CT molecular complexity index is 657. The lowest BCUT2D eigenvalue weighted by Crippen LogP contribution is -2.33. The molecule has 1 aromatic carbocycles. The predicted molar refractivity (Wildman–Crippen MR) is 91.2 cm³/mol. The van der Waals surface area contributed by atoms with Gasteiger partial charge >= 0.3 is 0 Å². The number of rotatable bonds is 2. The molecule has 1 unspecified atom stereocenters. The Hall–Kier alpha value is -1.33. The number of thiophene rings is 1. The number of thioether (sulfide) groups is 1. The van der Waals surface area contributed by atoms with Crippen molar-refractivity contribution < 1.29 is 9.18 Å². The Morgan fingerprint density at radius 2 is 2.18 bits per heavy atom. The van der Waals surface area contributed by atoms with Crippen molar-refractivity contribution >= 4 is 29.0 Å². The zero-order valence-corrected chi connectivity index (χ0v) is 14.1. The fraction of sp³-hybridized carbons (Fsp3) is 0.353. The van der Waals surface area contributed by atoms with Gasteiger partial charge in [-0.2, -0.15) is 11.8 Å². The minimum atomic E-state index is -0.313. The molecule has 1 amide bonds. The number of benzene rings is 1. The second kappa shape index (κ2) is 6.84. The van der Waals surface area contributed by atoms with Gasteiger partial charge in [0.2, 0.25) is 0 Å². The summed E-state index contributed by atoms with van der Waals surface area (Å²) in [5, 5.41) is 2.56.